The molecule has 1 aromatic heterocycles. The summed E-state index contributed by atoms with van der Waals surface area (Å²) in [6, 6.07) is 6.93. The zero-order chi connectivity index (χ0) is 15.9. The monoisotopic (exact) mass is 303 g/mol. The van der Waals surface area contributed by atoms with Crippen molar-refractivity contribution < 1.29 is 9.53 Å². The molecule has 1 amide bonds. The van der Waals surface area contributed by atoms with Gasteiger partial charge in [0.25, 0.3) is 11.5 Å². The number of fused-ring (bicyclic) bond motifs is 1. The third kappa shape index (κ3) is 4.14. The van der Waals surface area contributed by atoms with Gasteiger partial charge < -0.3 is 10.1 Å². The van der Waals surface area contributed by atoms with Gasteiger partial charge in [-0.1, -0.05) is 32.0 Å². The van der Waals surface area contributed by atoms with Crippen LogP contribution in [0.3, 0.4) is 0 Å². The Hall–Kier alpha value is -2.21. The summed E-state index contributed by atoms with van der Waals surface area (Å²) in [6.45, 7) is 6.02. The molecule has 2 N–H and O–H groups in total. The van der Waals surface area contributed by atoms with Gasteiger partial charge in [-0.05, 0) is 18.4 Å². The second-order valence-electron chi connectivity index (χ2n) is 5.53. The van der Waals surface area contributed by atoms with E-state index in [2.05, 4.69) is 29.4 Å². The van der Waals surface area contributed by atoms with E-state index in [4.69, 9.17) is 4.74 Å². The average molecular weight is 303 g/mol. The minimum Gasteiger partial charge on any atom is -0.381 e. The Balaban J connectivity index is 1.94. The van der Waals surface area contributed by atoms with Crippen molar-refractivity contribution in [3.63, 3.8) is 0 Å². The lowest BCUT2D eigenvalue weighted by Crippen LogP contribution is -2.28. The second kappa shape index (κ2) is 7.70. The van der Waals surface area contributed by atoms with Gasteiger partial charge in [-0.15, -0.1) is 0 Å². The van der Waals surface area contributed by atoms with Crippen LogP contribution >= 0.6 is 0 Å². The summed E-state index contributed by atoms with van der Waals surface area (Å²) < 4.78 is 5.45. The number of hydrogen-bond donors (Lipinski definition) is 2. The number of benzene rings is 1. The number of hydrogen-bond acceptors (Lipinski definition) is 4. The molecular formula is C16H21N3O3. The van der Waals surface area contributed by atoms with Gasteiger partial charge in [0.2, 0.25) is 0 Å². The lowest BCUT2D eigenvalue weighted by atomic mass is 10.1. The maximum Gasteiger partial charge on any atom is 0.272 e. The summed E-state index contributed by atoms with van der Waals surface area (Å²) in [5.41, 5.74) is -0.0625. The number of rotatable bonds is 7. The van der Waals surface area contributed by atoms with Crippen LogP contribution < -0.4 is 10.9 Å². The predicted molar refractivity (Wildman–Crippen MR) is 85.0 cm³/mol. The van der Waals surface area contributed by atoms with Crippen molar-refractivity contribution in [3.8, 4) is 0 Å². The molecule has 0 aliphatic heterocycles. The minimum absolute atomic E-state index is 0.235. The quantitative estimate of drug-likeness (QED) is 0.763. The highest BCUT2D eigenvalue weighted by Gasteiger charge is 2.13. The first kappa shape index (κ1) is 16.2. The van der Waals surface area contributed by atoms with Crippen LogP contribution in [0.4, 0.5) is 0 Å². The van der Waals surface area contributed by atoms with E-state index >= 15 is 0 Å². The molecule has 0 bridgehead atoms. The van der Waals surface area contributed by atoms with Crippen LogP contribution in [0.25, 0.3) is 10.8 Å². The maximum atomic E-state index is 12.2. The van der Waals surface area contributed by atoms with Crippen molar-refractivity contribution in [1.29, 1.82) is 0 Å². The van der Waals surface area contributed by atoms with E-state index in [-0.39, 0.29) is 17.2 Å². The molecule has 6 heteroatoms. The number of aromatic nitrogens is 2. The Bertz CT molecular complexity index is 694. The highest BCUT2D eigenvalue weighted by Crippen LogP contribution is 2.11. The molecule has 0 spiro atoms. The summed E-state index contributed by atoms with van der Waals surface area (Å²) in [7, 11) is 0. The number of nitrogens with one attached hydrogen (secondary N) is 2. The van der Waals surface area contributed by atoms with Gasteiger partial charge in [0, 0.05) is 25.1 Å². The molecule has 1 aromatic carbocycles. The van der Waals surface area contributed by atoms with Crippen LogP contribution in [-0.2, 0) is 4.74 Å². The fourth-order valence-corrected chi connectivity index (χ4v) is 2.07. The van der Waals surface area contributed by atoms with E-state index in [0.29, 0.717) is 29.8 Å². The number of nitrogens with zero attached hydrogens (tertiary/aromatic N) is 1. The lowest BCUT2D eigenvalue weighted by Gasteiger charge is -2.08. The third-order valence-corrected chi connectivity index (χ3v) is 3.11. The second-order valence-corrected chi connectivity index (χ2v) is 5.53. The van der Waals surface area contributed by atoms with Crippen molar-refractivity contribution in [3.05, 3.63) is 40.3 Å². The molecule has 1 heterocycles. The van der Waals surface area contributed by atoms with Crippen molar-refractivity contribution in [1.82, 2.24) is 15.5 Å². The molecule has 2 aromatic rings. The van der Waals surface area contributed by atoms with Gasteiger partial charge in [-0.25, -0.2) is 5.10 Å². The zero-order valence-corrected chi connectivity index (χ0v) is 12.9. The Labute approximate surface area is 128 Å². The molecule has 0 atom stereocenters. The molecule has 0 saturated heterocycles. The van der Waals surface area contributed by atoms with Crippen LogP contribution in [0.15, 0.2) is 29.1 Å². The Morgan fingerprint density at radius 3 is 2.77 bits per heavy atom. The molecule has 0 saturated carbocycles. The fourth-order valence-electron chi connectivity index (χ4n) is 2.07. The van der Waals surface area contributed by atoms with E-state index in [9.17, 15) is 9.59 Å². The van der Waals surface area contributed by atoms with Crippen molar-refractivity contribution in [2.45, 2.75) is 20.3 Å². The molecule has 22 heavy (non-hydrogen) atoms. The van der Waals surface area contributed by atoms with Crippen molar-refractivity contribution >= 4 is 16.7 Å². The molecule has 6 nitrogen and oxygen atoms in total. The predicted octanol–water partition coefficient (Wildman–Crippen LogP) is 1.72. The molecule has 0 unspecified atom stereocenters. The Morgan fingerprint density at radius 1 is 1.32 bits per heavy atom. The van der Waals surface area contributed by atoms with Crippen molar-refractivity contribution in [2.24, 2.45) is 5.92 Å². The molecule has 118 valence electrons. The topological polar surface area (TPSA) is 84.1 Å². The Kier molecular flexibility index (Phi) is 5.66. The van der Waals surface area contributed by atoms with Gasteiger partial charge in [-0.2, -0.15) is 5.10 Å². The normalized spacial score (nSPS) is 11.0. The van der Waals surface area contributed by atoms with E-state index < -0.39 is 0 Å². The fraction of sp³-hybridized carbons (Fsp3) is 0.438. The van der Waals surface area contributed by atoms with Crippen LogP contribution in [0.1, 0.15) is 30.8 Å². The van der Waals surface area contributed by atoms with Gasteiger partial charge in [0.1, 0.15) is 0 Å². The highest BCUT2D eigenvalue weighted by atomic mass is 16.5. The number of amides is 1. The largest absolute Gasteiger partial charge is 0.381 e. The zero-order valence-electron chi connectivity index (χ0n) is 12.9. The van der Waals surface area contributed by atoms with E-state index in [1.54, 1.807) is 24.3 Å². The SMILES string of the molecule is CC(C)COCCCNC(=O)c1n[nH]c(=O)c2ccccc12. The lowest BCUT2D eigenvalue weighted by molar-refractivity contribution is 0.0921. The van der Waals surface area contributed by atoms with Crippen LogP contribution in [0.5, 0.6) is 0 Å². The van der Waals surface area contributed by atoms with Gasteiger partial charge in [-0.3, -0.25) is 9.59 Å². The van der Waals surface area contributed by atoms with Gasteiger partial charge >= 0.3 is 0 Å². The van der Waals surface area contributed by atoms with Gasteiger partial charge in [0.05, 0.1) is 5.39 Å². The van der Waals surface area contributed by atoms with E-state index in [0.717, 1.165) is 13.0 Å². The number of carbonyl (C=O) groups excluding carboxylic acids is 1. The van der Waals surface area contributed by atoms with E-state index in [1.165, 1.54) is 0 Å². The average Bonchev–Trinajstić information content (AvgIpc) is 2.51. The molecule has 0 aliphatic carbocycles. The minimum atomic E-state index is -0.297. The Morgan fingerprint density at radius 2 is 2.05 bits per heavy atom. The third-order valence-electron chi connectivity index (χ3n) is 3.11. The highest BCUT2D eigenvalue weighted by molar-refractivity contribution is 6.04. The molecule has 0 radical (unpaired) electrons. The van der Waals surface area contributed by atoms with Crippen LogP contribution in [0.2, 0.25) is 0 Å². The summed E-state index contributed by atoms with van der Waals surface area (Å²) in [5.74, 6) is 0.211. The summed E-state index contributed by atoms with van der Waals surface area (Å²) >= 11 is 0. The summed E-state index contributed by atoms with van der Waals surface area (Å²) in [6.07, 6.45) is 0.736. The number of ether oxygens (including phenoxy) is 1. The van der Waals surface area contributed by atoms with E-state index in [1.807, 2.05) is 0 Å². The summed E-state index contributed by atoms with van der Waals surface area (Å²) in [4.78, 5) is 23.8. The van der Waals surface area contributed by atoms with Gasteiger partial charge in [0.15, 0.2) is 5.69 Å². The maximum absolute atomic E-state index is 12.2. The smallest absolute Gasteiger partial charge is 0.272 e. The summed E-state index contributed by atoms with van der Waals surface area (Å²) in [5, 5.41) is 10.0. The standard InChI is InChI=1S/C16H21N3O3/c1-11(2)10-22-9-5-8-17-16(21)14-12-6-3-4-7-13(12)15(20)19-18-14/h3-4,6-7,11H,5,8-10H2,1-2H3,(H,17,21)(H,19,20). The first-order valence-corrected chi connectivity index (χ1v) is 7.43. The molecule has 0 aliphatic rings. The van der Waals surface area contributed by atoms with Crippen molar-refractivity contribution in [2.75, 3.05) is 19.8 Å². The van der Waals surface area contributed by atoms with Crippen LogP contribution in [0, 0.1) is 5.92 Å². The molecular weight excluding hydrogens is 282 g/mol. The number of H-pyrrole nitrogens is 1. The first-order valence-electron chi connectivity index (χ1n) is 7.43. The number of aromatic amines is 1. The molecule has 0 fully saturated rings. The first-order chi connectivity index (χ1) is 10.6. The number of carbonyl (C=O) groups is 1. The molecule has 2 rings (SSSR count). The van der Waals surface area contributed by atoms with Crippen LogP contribution in [-0.4, -0.2) is 35.9 Å².